The van der Waals surface area contributed by atoms with Crippen molar-refractivity contribution < 1.29 is 9.59 Å². The van der Waals surface area contributed by atoms with E-state index in [-0.39, 0.29) is 18.1 Å². The predicted octanol–water partition coefficient (Wildman–Crippen LogP) is 4.37. The Morgan fingerprint density at radius 3 is 2.62 bits per heavy atom. The largest absolute Gasteiger partial charge is 0.310 e. The number of hydrogen-bond acceptors (Lipinski definition) is 2. The molecule has 3 rings (SSSR count). The van der Waals surface area contributed by atoms with Gasteiger partial charge in [-0.2, -0.15) is 0 Å². The van der Waals surface area contributed by atoms with Crippen molar-refractivity contribution in [1.82, 2.24) is 0 Å². The molecule has 0 bridgehead atoms. The summed E-state index contributed by atoms with van der Waals surface area (Å²) in [6.07, 6.45) is 1.18. The number of carbonyl (C=O) groups excluding carboxylic acids is 2. The Morgan fingerprint density at radius 1 is 1.17 bits per heavy atom. The molecule has 1 heterocycles. The van der Waals surface area contributed by atoms with Crippen LogP contribution in [-0.2, 0) is 16.0 Å². The molecule has 5 heteroatoms. The zero-order valence-electron chi connectivity index (χ0n) is 13.0. The number of amides is 1. The van der Waals surface area contributed by atoms with Gasteiger partial charge in [0.25, 0.3) is 5.91 Å². The first-order valence-electron chi connectivity index (χ1n) is 7.84. The third-order valence-electron chi connectivity index (χ3n) is 4.30. The van der Waals surface area contributed by atoms with Gasteiger partial charge in [0.05, 0.1) is 0 Å². The highest BCUT2D eigenvalue weighted by molar-refractivity contribution is 9.10. The van der Waals surface area contributed by atoms with E-state index < -0.39 is 4.87 Å². The van der Waals surface area contributed by atoms with E-state index in [9.17, 15) is 9.59 Å². The van der Waals surface area contributed by atoms with Crippen molar-refractivity contribution in [2.24, 2.45) is 0 Å². The highest BCUT2D eigenvalue weighted by Crippen LogP contribution is 2.35. The summed E-state index contributed by atoms with van der Waals surface area (Å²) in [5.41, 5.74) is 1.83. The molecule has 3 nitrogen and oxygen atoms in total. The molecule has 0 aliphatic carbocycles. The third-order valence-corrected chi connectivity index (χ3v) is 5.36. The number of anilines is 1. The van der Waals surface area contributed by atoms with Crippen LogP contribution < -0.4 is 4.90 Å². The fraction of sp³-hybridized carbons (Fsp3) is 0.263. The standard InChI is InChI=1S/C19H17BrClNO2/c20-15-6-4-5-14(13-15)9-10-17(23)19(21)11-12-22(18(19)24)16-7-2-1-3-8-16/h1-8,13H,9-12H2/t19-/m1/s1. The minimum Gasteiger partial charge on any atom is -0.310 e. The van der Waals surface area contributed by atoms with Crippen molar-refractivity contribution in [3.05, 3.63) is 64.6 Å². The smallest absolute Gasteiger partial charge is 0.255 e. The second-order valence-corrected chi connectivity index (χ2v) is 7.46. The molecule has 0 aromatic heterocycles. The first kappa shape index (κ1) is 17.2. The number of aryl methyl sites for hydroxylation is 1. The van der Waals surface area contributed by atoms with E-state index in [0.717, 1.165) is 15.7 Å². The molecule has 1 aliphatic rings. The van der Waals surface area contributed by atoms with Crippen LogP contribution >= 0.6 is 27.5 Å². The molecule has 1 saturated heterocycles. The lowest BCUT2D eigenvalue weighted by Gasteiger charge is -2.20. The van der Waals surface area contributed by atoms with Crippen LogP contribution in [0, 0.1) is 0 Å². The zero-order chi connectivity index (χ0) is 17.2. The fourth-order valence-electron chi connectivity index (χ4n) is 2.95. The molecular weight excluding hydrogens is 390 g/mol. The molecular formula is C19H17BrClNO2. The number of halogens is 2. The van der Waals surface area contributed by atoms with Gasteiger partial charge >= 0.3 is 0 Å². The topological polar surface area (TPSA) is 37.4 Å². The highest BCUT2D eigenvalue weighted by Gasteiger charge is 2.50. The maximum Gasteiger partial charge on any atom is 0.255 e. The van der Waals surface area contributed by atoms with Crippen LogP contribution in [0.4, 0.5) is 5.69 Å². The molecule has 0 unspecified atom stereocenters. The van der Waals surface area contributed by atoms with Crippen LogP contribution in [-0.4, -0.2) is 23.1 Å². The molecule has 0 saturated carbocycles. The third kappa shape index (κ3) is 3.40. The van der Waals surface area contributed by atoms with Gasteiger partial charge in [0.1, 0.15) is 0 Å². The van der Waals surface area contributed by atoms with E-state index in [1.807, 2.05) is 54.6 Å². The van der Waals surface area contributed by atoms with Crippen LogP contribution in [0.15, 0.2) is 59.1 Å². The van der Waals surface area contributed by atoms with Gasteiger partial charge in [0, 0.05) is 29.5 Å². The Bertz CT molecular complexity index is 765. The minimum absolute atomic E-state index is 0.201. The Labute approximate surface area is 154 Å². The first-order valence-corrected chi connectivity index (χ1v) is 9.01. The summed E-state index contributed by atoms with van der Waals surface area (Å²) >= 11 is 9.88. The van der Waals surface area contributed by atoms with Crippen LogP contribution in [0.3, 0.4) is 0 Å². The maximum absolute atomic E-state index is 12.7. The van der Waals surface area contributed by atoms with Crippen LogP contribution in [0.2, 0.25) is 0 Å². The molecule has 124 valence electrons. The Morgan fingerprint density at radius 2 is 1.92 bits per heavy atom. The molecule has 0 radical (unpaired) electrons. The van der Waals surface area contributed by atoms with Gasteiger partial charge in [0.2, 0.25) is 0 Å². The normalized spacial score (nSPS) is 20.4. The molecule has 1 amide bonds. The molecule has 1 fully saturated rings. The van der Waals surface area contributed by atoms with Crippen LogP contribution in [0.1, 0.15) is 18.4 Å². The van der Waals surface area contributed by atoms with Crippen molar-refractivity contribution in [3.63, 3.8) is 0 Å². The number of nitrogens with zero attached hydrogens (tertiary/aromatic N) is 1. The lowest BCUT2D eigenvalue weighted by Crippen LogP contribution is -2.42. The lowest BCUT2D eigenvalue weighted by molar-refractivity contribution is -0.129. The van der Waals surface area contributed by atoms with E-state index in [0.29, 0.717) is 19.4 Å². The number of ketones is 1. The van der Waals surface area contributed by atoms with E-state index in [1.165, 1.54) is 0 Å². The molecule has 24 heavy (non-hydrogen) atoms. The van der Waals surface area contributed by atoms with Gasteiger partial charge in [0.15, 0.2) is 10.7 Å². The number of para-hydroxylation sites is 1. The lowest BCUT2D eigenvalue weighted by atomic mass is 9.96. The number of rotatable bonds is 5. The average Bonchev–Trinajstić information content (AvgIpc) is 2.90. The quantitative estimate of drug-likeness (QED) is 0.546. The Kier molecular flexibility index (Phi) is 5.07. The van der Waals surface area contributed by atoms with Gasteiger partial charge in [-0.05, 0) is 36.2 Å². The summed E-state index contributed by atoms with van der Waals surface area (Å²) in [4.78, 5) is 25.5. The summed E-state index contributed by atoms with van der Waals surface area (Å²) in [5.74, 6) is -0.512. The number of alkyl halides is 1. The zero-order valence-corrected chi connectivity index (χ0v) is 15.4. The van der Waals surface area contributed by atoms with E-state index in [2.05, 4.69) is 15.9 Å². The summed E-state index contributed by atoms with van der Waals surface area (Å²) in [7, 11) is 0. The van der Waals surface area contributed by atoms with Crippen molar-refractivity contribution in [1.29, 1.82) is 0 Å². The second kappa shape index (κ2) is 7.08. The van der Waals surface area contributed by atoms with Crippen molar-refractivity contribution in [2.75, 3.05) is 11.4 Å². The van der Waals surface area contributed by atoms with E-state index in [4.69, 9.17) is 11.6 Å². The highest BCUT2D eigenvalue weighted by atomic mass is 79.9. The first-order chi connectivity index (χ1) is 11.5. The van der Waals surface area contributed by atoms with Crippen LogP contribution in [0.5, 0.6) is 0 Å². The molecule has 0 N–H and O–H groups in total. The summed E-state index contributed by atoms with van der Waals surface area (Å²) in [6, 6.07) is 17.1. The Hall–Kier alpha value is -1.65. The molecule has 0 spiro atoms. The summed E-state index contributed by atoms with van der Waals surface area (Å²) in [6.45, 7) is 0.467. The van der Waals surface area contributed by atoms with Gasteiger partial charge in [-0.1, -0.05) is 57.9 Å². The molecule has 1 aliphatic heterocycles. The average molecular weight is 407 g/mol. The maximum atomic E-state index is 12.7. The van der Waals surface area contributed by atoms with Crippen molar-refractivity contribution in [3.8, 4) is 0 Å². The summed E-state index contributed by atoms with van der Waals surface area (Å²) in [5, 5.41) is 0. The number of carbonyl (C=O) groups is 2. The Balaban J connectivity index is 1.69. The molecule has 1 atom stereocenters. The van der Waals surface area contributed by atoms with E-state index in [1.54, 1.807) is 4.90 Å². The molecule has 2 aromatic rings. The van der Waals surface area contributed by atoms with Crippen LogP contribution in [0.25, 0.3) is 0 Å². The second-order valence-electron chi connectivity index (χ2n) is 5.90. The van der Waals surface area contributed by atoms with Gasteiger partial charge in [-0.15, -0.1) is 0 Å². The molecule has 2 aromatic carbocycles. The minimum atomic E-state index is -1.43. The predicted molar refractivity (Wildman–Crippen MR) is 99.5 cm³/mol. The SMILES string of the molecule is O=C(CCc1cccc(Br)c1)[C@]1(Cl)CCN(c2ccccc2)C1=O. The number of Topliss-reactive ketones (excluding diaryl/α,β-unsaturated/α-hetero) is 1. The van der Waals surface area contributed by atoms with Crippen molar-refractivity contribution >= 4 is 44.9 Å². The van der Waals surface area contributed by atoms with Crippen molar-refractivity contribution in [2.45, 2.75) is 24.1 Å². The monoisotopic (exact) mass is 405 g/mol. The van der Waals surface area contributed by atoms with E-state index >= 15 is 0 Å². The fourth-order valence-corrected chi connectivity index (χ4v) is 3.68. The number of benzene rings is 2. The summed E-state index contributed by atoms with van der Waals surface area (Å²) < 4.78 is 0.972. The van der Waals surface area contributed by atoms with Gasteiger partial charge < -0.3 is 4.90 Å². The number of hydrogen-bond donors (Lipinski definition) is 0. The van der Waals surface area contributed by atoms with Gasteiger partial charge in [-0.25, -0.2) is 0 Å². The van der Waals surface area contributed by atoms with Gasteiger partial charge in [-0.3, -0.25) is 9.59 Å².